The normalized spacial score (nSPS) is 7.38. The van der Waals surface area contributed by atoms with Gasteiger partial charge in [-0.1, -0.05) is 0 Å². The molecule has 0 aliphatic carbocycles. The number of rotatable bonds is 0. The molecule has 0 rings (SSSR count). The summed E-state index contributed by atoms with van der Waals surface area (Å²) in [5.41, 5.74) is 0. The second kappa shape index (κ2) is 11.6. The van der Waals surface area contributed by atoms with Crippen molar-refractivity contribution in [3.8, 4) is 0 Å². The van der Waals surface area contributed by atoms with Crippen LogP contribution in [0, 0.1) is 0 Å². The molecule has 0 aromatic carbocycles. The molecule has 8 heavy (non-hydrogen) atoms. The zero-order chi connectivity index (χ0) is 4.50. The van der Waals surface area contributed by atoms with E-state index in [1.165, 1.54) is 0 Å². The Morgan fingerprint density at radius 2 is 1.25 bits per heavy atom. The van der Waals surface area contributed by atoms with Crippen molar-refractivity contribution in [2.75, 3.05) is 0 Å². The van der Waals surface area contributed by atoms with Crippen molar-refractivity contribution < 1.29 is 92.4 Å². The van der Waals surface area contributed by atoms with E-state index in [1.807, 2.05) is 0 Å². The van der Waals surface area contributed by atoms with Gasteiger partial charge < -0.3 is 19.0 Å². The summed E-state index contributed by atoms with van der Waals surface area (Å²) in [5.74, 6) is 0. The zero-order valence-corrected chi connectivity index (χ0v) is 21.7. The van der Waals surface area contributed by atoms with Crippen molar-refractivity contribution in [3.05, 3.63) is 0 Å². The number of hydrogen-bond acceptors (Lipinski definition) is 1. The fourth-order valence-electron chi connectivity index (χ4n) is 0. The monoisotopic (exact) mass is 584 g/mol. The van der Waals surface area contributed by atoms with Gasteiger partial charge in [0.15, 0.2) is 0 Å². The molecule has 0 heterocycles. The summed E-state index contributed by atoms with van der Waals surface area (Å²) in [6.07, 6.45) is 0. The summed E-state index contributed by atoms with van der Waals surface area (Å²) in [4.78, 5) is 21.6. The Hall–Kier alpha value is 4.62. The molecule has 0 aliphatic heterocycles. The van der Waals surface area contributed by atoms with Gasteiger partial charge in [0.1, 0.15) is 0 Å². The van der Waals surface area contributed by atoms with Crippen LogP contribution in [0.3, 0.4) is 0 Å². The van der Waals surface area contributed by atoms with E-state index in [2.05, 4.69) is 0 Å². The maximum atomic E-state index is 8.88. The third-order valence-electron chi connectivity index (χ3n) is 0. The van der Waals surface area contributed by atoms with Crippen LogP contribution in [0.4, 0.5) is 0 Å². The molecule has 0 aliphatic rings. The van der Waals surface area contributed by atoms with E-state index in [0.29, 0.717) is 0 Å². The smallest absolute Gasteiger partial charge is 1.00 e. The third kappa shape index (κ3) is 46.1. The van der Waals surface area contributed by atoms with E-state index in [-0.39, 0.29) is 148 Å². The molecule has 3 N–H and O–H groups in total. The minimum absolute atomic E-state index is 0. The average Bonchev–Trinajstić information content (AvgIpc) is 0.722. The SMILES string of the molecule is O=P(O)(O)O.[Ba+2].[BiH3].[Cs+].[H-].[H-].[H-]. The minimum Gasteiger partial charge on any atom is -1.00 e. The molecule has 0 unspecified atom stereocenters. The maximum Gasteiger partial charge on any atom is 1.00 e. The second-order valence-corrected chi connectivity index (χ2v) is 1.54. The summed E-state index contributed by atoms with van der Waals surface area (Å²) in [6, 6.07) is 0. The first-order valence-corrected chi connectivity index (χ1v) is 2.35. The molecule has 0 saturated heterocycles. The molecule has 0 radical (unpaired) electrons. The molecule has 0 fully saturated rings. The molecule has 0 bridgehead atoms. The average molecular weight is 583 g/mol. The Labute approximate surface area is 170 Å². The van der Waals surface area contributed by atoms with Crippen LogP contribution >= 0.6 is 7.82 Å². The van der Waals surface area contributed by atoms with Crippen molar-refractivity contribution in [2.24, 2.45) is 0 Å². The van der Waals surface area contributed by atoms with Crippen LogP contribution in [0.25, 0.3) is 0 Å². The van der Waals surface area contributed by atoms with Crippen LogP contribution < -0.4 is 68.9 Å². The predicted octanol–water partition coefficient (Wildman–Crippen LogP) is -5.15. The fraction of sp³-hybridized carbons (Fsp3) is 0. The molecule has 8 heteroatoms. The van der Waals surface area contributed by atoms with E-state index in [9.17, 15) is 0 Å². The summed E-state index contributed by atoms with van der Waals surface area (Å²) in [7, 11) is -4.64. The summed E-state index contributed by atoms with van der Waals surface area (Å²) < 4.78 is 8.88. The van der Waals surface area contributed by atoms with Gasteiger partial charge in [0.05, 0.1) is 0 Å². The van der Waals surface area contributed by atoms with Crippen LogP contribution in [0.1, 0.15) is 4.28 Å². The van der Waals surface area contributed by atoms with Crippen molar-refractivity contribution in [3.63, 3.8) is 0 Å². The minimum atomic E-state index is -4.64. The first-order chi connectivity index (χ1) is 2.00. The van der Waals surface area contributed by atoms with E-state index >= 15 is 0 Å². The van der Waals surface area contributed by atoms with E-state index in [4.69, 9.17) is 19.2 Å². The van der Waals surface area contributed by atoms with Gasteiger partial charge in [-0.05, 0) is 0 Å². The first kappa shape index (κ1) is 22.9. The molecule has 46 valence electrons. The Kier molecular flexibility index (Phi) is 33.3. The quantitative estimate of drug-likeness (QED) is 0.197. The molecule has 0 amide bonds. The summed E-state index contributed by atoms with van der Waals surface area (Å²) in [6.45, 7) is 0. The Balaban J connectivity index is -0.00000000533. The molecule has 4 nitrogen and oxygen atoms in total. The predicted molar refractivity (Wildman–Crippen MR) is 33.3 cm³/mol. The molecule has 0 atom stereocenters. The van der Waals surface area contributed by atoms with Crippen molar-refractivity contribution in [1.29, 1.82) is 0 Å². The van der Waals surface area contributed by atoms with Crippen LogP contribution in [0.15, 0.2) is 0 Å². The second-order valence-electron chi connectivity index (χ2n) is 0.513. The van der Waals surface area contributed by atoms with Crippen molar-refractivity contribution in [2.45, 2.75) is 0 Å². The fourth-order valence-corrected chi connectivity index (χ4v) is 0. The number of hydrogen-bond donors (Lipinski definition) is 3. The van der Waals surface area contributed by atoms with Crippen molar-refractivity contribution >= 4 is 82.9 Å². The first-order valence-electron chi connectivity index (χ1n) is 0.783. The molecule has 0 spiro atoms. The molecule has 0 aromatic rings. The zero-order valence-electron chi connectivity index (χ0n) is 7.61. The Morgan fingerprint density at radius 3 is 1.25 bits per heavy atom. The van der Waals surface area contributed by atoms with Gasteiger partial charge in [0.2, 0.25) is 0 Å². The Bertz CT molecular complexity index is 71.5. The van der Waals surface area contributed by atoms with Crippen LogP contribution in [0.2, 0.25) is 0 Å². The Morgan fingerprint density at radius 1 is 1.25 bits per heavy atom. The van der Waals surface area contributed by atoms with Crippen LogP contribution in [-0.4, -0.2) is 89.8 Å². The van der Waals surface area contributed by atoms with Gasteiger partial charge in [0, 0.05) is 0 Å². The van der Waals surface area contributed by atoms with Gasteiger partial charge in [-0.3, -0.25) is 0 Å². The third-order valence-corrected chi connectivity index (χ3v) is 0. The standard InChI is InChI=1S/Ba.Bi.Cs.H3O4P.6H/c;;;1-5(2,3)4;;;;;;/h;;;(H3,1,2,3,4);;;;;;/q+2;;+1;;;;;3*-1. The molecular formula is H9BaBiCsO4P. The molecular weight excluding hydrogens is 574 g/mol. The van der Waals surface area contributed by atoms with Crippen molar-refractivity contribution in [1.82, 2.24) is 0 Å². The summed E-state index contributed by atoms with van der Waals surface area (Å²) in [5, 5.41) is 0. The van der Waals surface area contributed by atoms with Gasteiger partial charge in [-0.15, -0.1) is 0 Å². The van der Waals surface area contributed by atoms with Crippen LogP contribution in [0.5, 0.6) is 0 Å². The van der Waals surface area contributed by atoms with E-state index < -0.39 is 7.82 Å². The molecule has 0 saturated carbocycles. The van der Waals surface area contributed by atoms with Crippen LogP contribution in [-0.2, 0) is 4.57 Å². The van der Waals surface area contributed by atoms with Gasteiger partial charge in [0.25, 0.3) is 0 Å². The van der Waals surface area contributed by atoms with Gasteiger partial charge in [-0.25, -0.2) is 4.57 Å². The summed E-state index contributed by atoms with van der Waals surface area (Å²) >= 11 is 0. The van der Waals surface area contributed by atoms with E-state index in [1.54, 1.807) is 0 Å². The van der Waals surface area contributed by atoms with Gasteiger partial charge in [-0.2, -0.15) is 0 Å². The van der Waals surface area contributed by atoms with E-state index in [0.717, 1.165) is 0 Å². The topological polar surface area (TPSA) is 77.8 Å². The number of phosphoric acid groups is 1. The molecule has 0 aromatic heterocycles. The maximum absolute atomic E-state index is 8.88. The van der Waals surface area contributed by atoms with Gasteiger partial charge >= 0.3 is 152 Å². The largest absolute Gasteiger partial charge is 1.00 e.